The van der Waals surface area contributed by atoms with Gasteiger partial charge in [0.25, 0.3) is 5.91 Å². The average molecular weight is 323 g/mol. The molecule has 0 spiro atoms. The van der Waals surface area contributed by atoms with Crippen molar-refractivity contribution in [2.75, 3.05) is 0 Å². The standard InChI is InChI=1S/C17H17N5O2/c1-9-4-6-12(7-5-9)16-21-22-17(24-16)14-8-13(15(23)20-18)10(2)19-11(14)3/h4-8H,18H2,1-3H3,(H,20,23). The summed E-state index contributed by atoms with van der Waals surface area (Å²) in [5.41, 5.74) is 6.34. The van der Waals surface area contributed by atoms with Crippen molar-refractivity contribution < 1.29 is 9.21 Å². The summed E-state index contributed by atoms with van der Waals surface area (Å²) in [6.45, 7) is 5.57. The quantitative estimate of drug-likeness (QED) is 0.435. The number of pyridine rings is 1. The first kappa shape index (κ1) is 15.8. The lowest BCUT2D eigenvalue weighted by Crippen LogP contribution is -2.30. The highest BCUT2D eigenvalue weighted by Gasteiger charge is 2.18. The zero-order chi connectivity index (χ0) is 17.3. The first-order valence-corrected chi connectivity index (χ1v) is 7.39. The second-order valence-electron chi connectivity index (χ2n) is 5.51. The topological polar surface area (TPSA) is 107 Å². The maximum atomic E-state index is 11.8. The van der Waals surface area contributed by atoms with Gasteiger partial charge in [-0.2, -0.15) is 0 Å². The third-order valence-electron chi connectivity index (χ3n) is 3.73. The second-order valence-corrected chi connectivity index (χ2v) is 5.51. The van der Waals surface area contributed by atoms with Crippen LogP contribution in [0.1, 0.15) is 27.3 Å². The molecule has 0 radical (unpaired) electrons. The Bertz CT molecular complexity index is 900. The lowest BCUT2D eigenvalue weighted by molar-refractivity contribution is 0.0952. The Kier molecular flexibility index (Phi) is 4.09. The first-order chi connectivity index (χ1) is 11.5. The number of hydrazine groups is 1. The number of aromatic nitrogens is 3. The van der Waals surface area contributed by atoms with Gasteiger partial charge in [-0.15, -0.1) is 10.2 Å². The molecule has 0 saturated heterocycles. The predicted molar refractivity (Wildman–Crippen MR) is 88.8 cm³/mol. The number of amides is 1. The molecule has 24 heavy (non-hydrogen) atoms. The van der Waals surface area contributed by atoms with Crippen LogP contribution in [-0.2, 0) is 0 Å². The number of carbonyl (C=O) groups is 1. The summed E-state index contributed by atoms with van der Waals surface area (Å²) in [7, 11) is 0. The van der Waals surface area contributed by atoms with Crippen LogP contribution < -0.4 is 11.3 Å². The molecular formula is C17H17N5O2. The fourth-order valence-corrected chi connectivity index (χ4v) is 2.39. The lowest BCUT2D eigenvalue weighted by Gasteiger charge is -2.07. The van der Waals surface area contributed by atoms with Gasteiger partial charge in [0, 0.05) is 5.56 Å². The Hall–Kier alpha value is -3.06. The molecule has 3 aromatic rings. The van der Waals surface area contributed by atoms with E-state index in [4.69, 9.17) is 10.3 Å². The van der Waals surface area contributed by atoms with Gasteiger partial charge in [-0.25, -0.2) is 5.84 Å². The van der Waals surface area contributed by atoms with Gasteiger partial charge in [-0.05, 0) is 39.0 Å². The SMILES string of the molecule is Cc1ccc(-c2nnc(-c3cc(C(=O)NN)c(C)nc3C)o2)cc1. The maximum absolute atomic E-state index is 11.8. The highest BCUT2D eigenvalue weighted by atomic mass is 16.4. The van der Waals surface area contributed by atoms with Gasteiger partial charge >= 0.3 is 0 Å². The summed E-state index contributed by atoms with van der Waals surface area (Å²) >= 11 is 0. The molecule has 1 aromatic carbocycles. The van der Waals surface area contributed by atoms with E-state index in [1.807, 2.05) is 38.1 Å². The van der Waals surface area contributed by atoms with Gasteiger partial charge in [0.2, 0.25) is 11.8 Å². The van der Waals surface area contributed by atoms with Crippen LogP contribution in [0.3, 0.4) is 0 Å². The number of rotatable bonds is 3. The van der Waals surface area contributed by atoms with Gasteiger partial charge in [-0.1, -0.05) is 17.7 Å². The summed E-state index contributed by atoms with van der Waals surface area (Å²) < 4.78 is 5.76. The summed E-state index contributed by atoms with van der Waals surface area (Å²) in [4.78, 5) is 16.2. The van der Waals surface area contributed by atoms with Crippen molar-refractivity contribution >= 4 is 5.91 Å². The van der Waals surface area contributed by atoms with Crippen molar-refractivity contribution in [1.29, 1.82) is 0 Å². The van der Waals surface area contributed by atoms with Crippen molar-refractivity contribution in [3.63, 3.8) is 0 Å². The Morgan fingerprint density at radius 2 is 1.71 bits per heavy atom. The smallest absolute Gasteiger partial charge is 0.267 e. The zero-order valence-electron chi connectivity index (χ0n) is 13.6. The van der Waals surface area contributed by atoms with Crippen LogP contribution in [0.25, 0.3) is 22.9 Å². The van der Waals surface area contributed by atoms with Gasteiger partial charge in [-0.3, -0.25) is 15.2 Å². The second kappa shape index (κ2) is 6.21. The number of hydrogen-bond donors (Lipinski definition) is 2. The Morgan fingerprint density at radius 3 is 2.38 bits per heavy atom. The van der Waals surface area contributed by atoms with Crippen molar-refractivity contribution in [3.05, 3.63) is 52.8 Å². The van der Waals surface area contributed by atoms with Crippen LogP contribution in [0.2, 0.25) is 0 Å². The molecule has 1 amide bonds. The molecule has 0 aliphatic carbocycles. The minimum Gasteiger partial charge on any atom is -0.416 e. The molecule has 0 aliphatic rings. The molecule has 0 aliphatic heterocycles. The first-order valence-electron chi connectivity index (χ1n) is 7.39. The molecule has 7 nitrogen and oxygen atoms in total. The van der Waals surface area contributed by atoms with Gasteiger partial charge in [0.05, 0.1) is 22.5 Å². The number of nitrogens with one attached hydrogen (secondary N) is 1. The average Bonchev–Trinajstić information content (AvgIpc) is 3.04. The van der Waals surface area contributed by atoms with Crippen molar-refractivity contribution in [2.24, 2.45) is 5.84 Å². The molecule has 122 valence electrons. The van der Waals surface area contributed by atoms with E-state index >= 15 is 0 Å². The number of nitrogen functional groups attached to an aromatic ring is 1. The van der Waals surface area contributed by atoms with Gasteiger partial charge in [0.1, 0.15) is 0 Å². The minimum absolute atomic E-state index is 0.307. The van der Waals surface area contributed by atoms with E-state index in [1.54, 1.807) is 13.0 Å². The van der Waals surface area contributed by atoms with Gasteiger partial charge < -0.3 is 4.42 Å². The predicted octanol–water partition coefficient (Wildman–Crippen LogP) is 2.33. The lowest BCUT2D eigenvalue weighted by atomic mass is 10.1. The third kappa shape index (κ3) is 2.89. The normalized spacial score (nSPS) is 10.7. The Labute approximate surface area is 138 Å². The highest BCUT2D eigenvalue weighted by Crippen LogP contribution is 2.27. The van der Waals surface area contributed by atoms with Crippen LogP contribution in [0.15, 0.2) is 34.7 Å². The third-order valence-corrected chi connectivity index (χ3v) is 3.73. The van der Waals surface area contributed by atoms with Crippen LogP contribution in [0.4, 0.5) is 0 Å². The van der Waals surface area contributed by atoms with Crippen LogP contribution in [0, 0.1) is 20.8 Å². The van der Waals surface area contributed by atoms with Crippen LogP contribution in [-0.4, -0.2) is 21.1 Å². The van der Waals surface area contributed by atoms with E-state index < -0.39 is 5.91 Å². The van der Waals surface area contributed by atoms with Crippen molar-refractivity contribution in [1.82, 2.24) is 20.6 Å². The fourth-order valence-electron chi connectivity index (χ4n) is 2.39. The number of nitrogens with two attached hydrogens (primary N) is 1. The molecule has 0 atom stereocenters. The summed E-state index contributed by atoms with van der Waals surface area (Å²) in [5.74, 6) is 5.52. The molecule has 0 saturated carbocycles. The van der Waals surface area contributed by atoms with Crippen LogP contribution >= 0.6 is 0 Å². The minimum atomic E-state index is -0.417. The fraction of sp³-hybridized carbons (Fsp3) is 0.176. The van der Waals surface area contributed by atoms with Gasteiger partial charge in [0.15, 0.2) is 0 Å². The Balaban J connectivity index is 2.04. The number of aryl methyl sites for hydroxylation is 3. The molecule has 0 unspecified atom stereocenters. The molecule has 0 bridgehead atoms. The summed E-state index contributed by atoms with van der Waals surface area (Å²) in [6, 6.07) is 9.44. The van der Waals surface area contributed by atoms with E-state index in [1.165, 1.54) is 0 Å². The number of carbonyl (C=O) groups excluding carboxylic acids is 1. The molecule has 7 heteroatoms. The highest BCUT2D eigenvalue weighted by molar-refractivity contribution is 5.95. The monoisotopic (exact) mass is 323 g/mol. The molecule has 2 aromatic heterocycles. The summed E-state index contributed by atoms with van der Waals surface area (Å²) in [5, 5.41) is 8.16. The molecule has 2 heterocycles. The van der Waals surface area contributed by atoms with Crippen molar-refractivity contribution in [3.8, 4) is 22.9 Å². The van der Waals surface area contributed by atoms with E-state index in [0.717, 1.165) is 11.1 Å². The maximum Gasteiger partial charge on any atom is 0.267 e. The zero-order valence-corrected chi connectivity index (χ0v) is 13.6. The van der Waals surface area contributed by atoms with E-state index in [0.29, 0.717) is 34.3 Å². The molecule has 3 N–H and O–H groups in total. The Morgan fingerprint density at radius 1 is 1.04 bits per heavy atom. The van der Waals surface area contributed by atoms with E-state index in [9.17, 15) is 4.79 Å². The number of benzene rings is 1. The van der Waals surface area contributed by atoms with Crippen molar-refractivity contribution in [2.45, 2.75) is 20.8 Å². The summed E-state index contributed by atoms with van der Waals surface area (Å²) in [6.07, 6.45) is 0. The van der Waals surface area contributed by atoms with E-state index in [-0.39, 0.29) is 0 Å². The largest absolute Gasteiger partial charge is 0.416 e. The number of nitrogens with zero attached hydrogens (tertiary/aromatic N) is 3. The number of hydrogen-bond acceptors (Lipinski definition) is 6. The molecular weight excluding hydrogens is 306 g/mol. The van der Waals surface area contributed by atoms with Crippen LogP contribution in [0.5, 0.6) is 0 Å². The molecule has 0 fully saturated rings. The molecule has 3 rings (SSSR count). The van der Waals surface area contributed by atoms with E-state index in [2.05, 4.69) is 20.6 Å².